The predicted molar refractivity (Wildman–Crippen MR) is 117 cm³/mol. The van der Waals surface area contributed by atoms with Crippen LogP contribution in [0.4, 0.5) is 51.1 Å². The fourth-order valence-corrected chi connectivity index (χ4v) is 4.59. The van der Waals surface area contributed by atoms with E-state index in [0.29, 0.717) is 37.1 Å². The number of tetrazole rings is 1. The van der Waals surface area contributed by atoms with Crippen molar-refractivity contribution in [2.75, 3.05) is 16.8 Å². The molecule has 206 valence electrons. The van der Waals surface area contributed by atoms with Crippen LogP contribution in [0.15, 0.2) is 30.3 Å². The molecule has 3 N–H and O–H groups in total. The molecule has 1 aliphatic heterocycles. The lowest BCUT2D eigenvalue weighted by molar-refractivity contribution is -0.443. The highest BCUT2D eigenvalue weighted by Crippen LogP contribution is 2.42. The van der Waals surface area contributed by atoms with Crippen molar-refractivity contribution in [3.63, 3.8) is 0 Å². The summed E-state index contributed by atoms with van der Waals surface area (Å²) in [5, 5.41) is 15.3. The summed E-state index contributed by atoms with van der Waals surface area (Å²) in [5.41, 5.74) is -3.50. The van der Waals surface area contributed by atoms with E-state index < -0.39 is 47.8 Å². The summed E-state index contributed by atoms with van der Waals surface area (Å²) in [6.07, 6.45) is -13.9. The Morgan fingerprint density at radius 3 is 2.11 bits per heavy atom. The van der Waals surface area contributed by atoms with Crippen LogP contribution in [-0.2, 0) is 31.5 Å². The Bertz CT molecular complexity index is 1230. The number of hydrogen-bond acceptors (Lipinski definition) is 4. The van der Waals surface area contributed by atoms with Gasteiger partial charge in [-0.3, -0.25) is 4.90 Å². The first-order valence-corrected chi connectivity index (χ1v) is 11.5. The number of aromatic nitrogens is 4. The maximum Gasteiger partial charge on any atom is 0.416 e. The molecule has 1 aromatic heterocycles. The van der Waals surface area contributed by atoms with Crippen molar-refractivity contribution in [3.05, 3.63) is 63.7 Å². The number of rotatable bonds is 5. The molecule has 0 fully saturated rings. The Labute approximate surface area is 210 Å². The quantitative estimate of drug-likeness (QED) is 0.370. The zero-order chi connectivity index (χ0) is 27.9. The molecule has 1 aliphatic rings. The highest BCUT2D eigenvalue weighted by molar-refractivity contribution is 5.60. The summed E-state index contributed by atoms with van der Waals surface area (Å²) in [4.78, 5) is 1.40. The molecule has 6 nitrogen and oxygen atoms in total. The van der Waals surface area contributed by atoms with Gasteiger partial charge >= 0.3 is 24.5 Å². The smallest absolute Gasteiger partial charge is 0.385 e. The lowest BCUT2D eigenvalue weighted by Gasteiger charge is -2.28. The van der Waals surface area contributed by atoms with E-state index >= 15 is 0 Å². The topological polar surface area (TPSA) is 71.0 Å². The molecule has 4 rings (SSSR count). The van der Waals surface area contributed by atoms with Crippen LogP contribution in [0, 0.1) is 0 Å². The fraction of sp³-hybridized carbons (Fsp3) is 0.435. The van der Waals surface area contributed by atoms with E-state index in [0.717, 1.165) is 6.07 Å². The fourth-order valence-electron chi connectivity index (χ4n) is 4.59. The van der Waals surface area contributed by atoms with Crippen LogP contribution in [0.5, 0.6) is 0 Å². The number of nitrogens with zero attached hydrogens (tertiary/aromatic N) is 3. The third-order valence-electron chi connectivity index (χ3n) is 6.30. The van der Waals surface area contributed by atoms with Crippen molar-refractivity contribution < 1.29 is 44.6 Å². The molecule has 38 heavy (non-hydrogen) atoms. The van der Waals surface area contributed by atoms with Crippen LogP contribution in [-0.4, -0.2) is 22.1 Å². The molecule has 3 aromatic rings. The lowest BCUT2D eigenvalue weighted by atomic mass is 9.93. The van der Waals surface area contributed by atoms with Crippen LogP contribution in [0.25, 0.3) is 0 Å². The van der Waals surface area contributed by atoms with Crippen LogP contribution in [0.2, 0.25) is 0 Å². The molecule has 0 spiro atoms. The summed E-state index contributed by atoms with van der Waals surface area (Å²) < 4.78 is 122. The summed E-state index contributed by atoms with van der Waals surface area (Å²) in [7, 11) is 0. The molecule has 0 unspecified atom stereocenters. The van der Waals surface area contributed by atoms with Crippen molar-refractivity contribution >= 4 is 11.6 Å². The molecule has 0 saturated carbocycles. The number of halogens is 9. The van der Waals surface area contributed by atoms with Crippen LogP contribution in [0.1, 0.15) is 59.2 Å². The average Bonchev–Trinajstić information content (AvgIpc) is 3.27. The second-order valence-electron chi connectivity index (χ2n) is 8.84. The first-order valence-electron chi connectivity index (χ1n) is 11.5. The molecule has 0 bridgehead atoms. The van der Waals surface area contributed by atoms with Crippen molar-refractivity contribution in [1.29, 1.82) is 0 Å². The van der Waals surface area contributed by atoms with Crippen molar-refractivity contribution in [2.45, 2.75) is 57.3 Å². The Morgan fingerprint density at radius 1 is 0.921 bits per heavy atom. The van der Waals surface area contributed by atoms with Crippen LogP contribution < -0.4 is 15.3 Å². The maximum absolute atomic E-state index is 13.7. The van der Waals surface area contributed by atoms with Gasteiger partial charge in [0.1, 0.15) is 5.21 Å². The van der Waals surface area contributed by atoms with Gasteiger partial charge in [-0.15, -0.1) is 5.21 Å². The van der Waals surface area contributed by atoms with Crippen molar-refractivity contribution in [1.82, 2.24) is 15.5 Å². The third-order valence-corrected chi connectivity index (χ3v) is 6.30. The summed E-state index contributed by atoms with van der Waals surface area (Å²) >= 11 is 0. The van der Waals surface area contributed by atoms with Gasteiger partial charge in [-0.25, -0.2) is 0 Å². The van der Waals surface area contributed by atoms with Gasteiger partial charge < -0.3 is 5.32 Å². The first kappa shape index (κ1) is 27.5. The molecule has 2 heterocycles. The molecule has 0 amide bonds. The number of anilines is 2. The van der Waals surface area contributed by atoms with Gasteiger partial charge in [0.05, 0.1) is 34.4 Å². The van der Waals surface area contributed by atoms with E-state index in [4.69, 9.17) is 0 Å². The zero-order valence-corrected chi connectivity index (χ0v) is 19.7. The molecular formula is C23H22F9N6+. The van der Waals surface area contributed by atoms with E-state index in [1.54, 1.807) is 6.92 Å². The Hall–Kier alpha value is -3.52. The average molecular weight is 553 g/mol. The zero-order valence-electron chi connectivity index (χ0n) is 19.7. The minimum Gasteiger partial charge on any atom is -0.385 e. The van der Waals surface area contributed by atoms with E-state index in [2.05, 4.69) is 25.9 Å². The Kier molecular flexibility index (Phi) is 7.23. The van der Waals surface area contributed by atoms with Gasteiger partial charge in [-0.1, -0.05) is 13.0 Å². The molecular weight excluding hydrogens is 531 g/mol. The SMILES string of the molecule is CCc1cc2c(cc1C(F)(F)F)NCCC[C@@H]2N(Cc1cc(C(F)(F)F)cc(C(F)(F)F)c1)c1nn[nH][nH+]1. The number of fused-ring (bicyclic) bond motifs is 1. The second kappa shape index (κ2) is 9.98. The standard InChI is InChI=1S/C23H21F9N6/c1-2-13-8-16-18(10-17(13)23(30,31)32)33-5-3-4-19(16)38(20-34-36-37-35-20)11-12-6-14(21(24,25)26)9-15(7-12)22(27,28)29/h6-10,19,33H,2-5,11H2,1H3,(H,34,35,36,37)/p+1/t19-/m0/s1. The Morgan fingerprint density at radius 2 is 1.58 bits per heavy atom. The molecule has 0 saturated heterocycles. The van der Waals surface area contributed by atoms with Gasteiger partial charge in [-0.2, -0.15) is 44.6 Å². The van der Waals surface area contributed by atoms with Gasteiger partial charge in [0.25, 0.3) is 0 Å². The highest BCUT2D eigenvalue weighted by atomic mass is 19.4. The second-order valence-corrected chi connectivity index (χ2v) is 8.84. The minimum absolute atomic E-state index is 0.00691. The number of benzene rings is 2. The van der Waals surface area contributed by atoms with Gasteiger partial charge in [0.15, 0.2) is 0 Å². The van der Waals surface area contributed by atoms with E-state index in [9.17, 15) is 39.5 Å². The van der Waals surface area contributed by atoms with Gasteiger partial charge in [0, 0.05) is 17.8 Å². The van der Waals surface area contributed by atoms with Crippen LogP contribution in [0.3, 0.4) is 0 Å². The summed E-state index contributed by atoms with van der Waals surface area (Å²) in [6, 6.07) is 2.88. The highest BCUT2D eigenvalue weighted by Gasteiger charge is 2.40. The third kappa shape index (κ3) is 5.80. The van der Waals surface area contributed by atoms with Gasteiger partial charge in [-0.05, 0) is 54.7 Å². The number of hydrogen-bond donors (Lipinski definition) is 2. The minimum atomic E-state index is -5.04. The normalized spacial score (nSPS) is 16.5. The molecule has 15 heteroatoms. The van der Waals surface area contributed by atoms with Crippen molar-refractivity contribution in [3.8, 4) is 0 Å². The molecule has 2 aromatic carbocycles. The molecule has 1 atom stereocenters. The van der Waals surface area contributed by atoms with E-state index in [1.165, 1.54) is 11.0 Å². The number of aromatic amines is 2. The lowest BCUT2D eigenvalue weighted by Crippen LogP contribution is -2.33. The first-order chi connectivity index (χ1) is 17.7. The van der Waals surface area contributed by atoms with Crippen molar-refractivity contribution in [2.24, 2.45) is 0 Å². The molecule has 0 radical (unpaired) electrons. The predicted octanol–water partition coefficient (Wildman–Crippen LogP) is 6.19. The number of aryl methyl sites for hydroxylation is 1. The molecule has 0 aliphatic carbocycles. The van der Waals surface area contributed by atoms with Crippen LogP contribution >= 0.6 is 0 Å². The summed E-state index contributed by atoms with van der Waals surface area (Å²) in [5.74, 6) is -0.00762. The monoisotopic (exact) mass is 553 g/mol. The maximum atomic E-state index is 13.7. The van der Waals surface area contributed by atoms with Gasteiger partial charge in [0.2, 0.25) is 0 Å². The van der Waals surface area contributed by atoms with E-state index in [1.807, 2.05) is 0 Å². The van der Waals surface area contributed by atoms with E-state index in [-0.39, 0.29) is 35.2 Å². The Balaban J connectivity index is 1.85. The largest absolute Gasteiger partial charge is 0.416 e. The number of alkyl halides is 9. The summed E-state index contributed by atoms with van der Waals surface area (Å²) in [6.45, 7) is 1.40. The number of H-pyrrole nitrogens is 2. The number of nitrogens with one attached hydrogen (secondary N) is 3.